The highest BCUT2D eigenvalue weighted by Crippen LogP contribution is 2.25. The van der Waals surface area contributed by atoms with Crippen molar-refractivity contribution in [1.82, 2.24) is 4.57 Å². The lowest BCUT2D eigenvalue weighted by atomic mass is 10.2. The molecule has 1 aliphatic rings. The Balaban J connectivity index is 1.52. The molecule has 1 aliphatic heterocycles. The van der Waals surface area contributed by atoms with Crippen molar-refractivity contribution in [2.45, 2.75) is 19.9 Å². The number of carbonyl (C=O) groups excluding carboxylic acids is 2. The zero-order valence-electron chi connectivity index (χ0n) is 19.7. The molecule has 1 atom stereocenters. The number of esters is 1. The van der Waals surface area contributed by atoms with Crippen LogP contribution in [0.5, 0.6) is 5.75 Å². The molecule has 182 valence electrons. The van der Waals surface area contributed by atoms with Gasteiger partial charge in [0.25, 0.3) is 5.91 Å². The molecule has 0 saturated heterocycles. The van der Waals surface area contributed by atoms with E-state index in [1.807, 2.05) is 35.8 Å². The van der Waals surface area contributed by atoms with Crippen LogP contribution in [0.15, 0.2) is 72.1 Å². The highest BCUT2D eigenvalue weighted by Gasteiger charge is 2.32. The van der Waals surface area contributed by atoms with Gasteiger partial charge in [0.15, 0.2) is 16.4 Å². The molecule has 3 aromatic rings. The number of aromatic nitrogens is 1. The van der Waals surface area contributed by atoms with Gasteiger partial charge in [0, 0.05) is 28.2 Å². The lowest BCUT2D eigenvalue weighted by molar-refractivity contribution is -0.121. The highest BCUT2D eigenvalue weighted by atomic mass is 32.2. The SMILES string of the molecule is COc1ccc(-n2c(C)cc(C(=O)OCC(=O)N(c3ccccc3)[C@@H]3C=CS(=O)(=O)C3)c2C)cc1. The number of sulfone groups is 1. The van der Waals surface area contributed by atoms with Crippen molar-refractivity contribution < 1.29 is 27.5 Å². The van der Waals surface area contributed by atoms with Crippen molar-refractivity contribution >= 4 is 27.4 Å². The smallest absolute Gasteiger partial charge is 0.340 e. The topological polar surface area (TPSA) is 94.9 Å². The van der Waals surface area contributed by atoms with Crippen molar-refractivity contribution in [1.29, 1.82) is 0 Å². The second-order valence-corrected chi connectivity index (χ2v) is 10.2. The molecular formula is C26H26N2O6S. The molecule has 35 heavy (non-hydrogen) atoms. The Morgan fingerprint density at radius 1 is 1.06 bits per heavy atom. The molecule has 2 heterocycles. The summed E-state index contributed by atoms with van der Waals surface area (Å²) >= 11 is 0. The quantitative estimate of drug-likeness (QED) is 0.466. The van der Waals surface area contributed by atoms with E-state index >= 15 is 0 Å². The minimum atomic E-state index is -3.39. The molecule has 9 heteroatoms. The first-order valence-electron chi connectivity index (χ1n) is 11.0. The van der Waals surface area contributed by atoms with Crippen molar-refractivity contribution in [3.05, 3.63) is 89.1 Å². The predicted octanol–water partition coefficient (Wildman–Crippen LogP) is 3.60. The Morgan fingerprint density at radius 2 is 1.74 bits per heavy atom. The minimum absolute atomic E-state index is 0.218. The second-order valence-electron chi connectivity index (χ2n) is 8.22. The highest BCUT2D eigenvalue weighted by molar-refractivity contribution is 7.94. The first kappa shape index (κ1) is 24.3. The molecule has 0 spiro atoms. The van der Waals surface area contributed by atoms with Crippen LogP contribution in [0, 0.1) is 13.8 Å². The molecule has 0 radical (unpaired) electrons. The van der Waals surface area contributed by atoms with Crippen LogP contribution in [0.1, 0.15) is 21.7 Å². The van der Waals surface area contributed by atoms with E-state index in [0.717, 1.165) is 22.5 Å². The third-order valence-corrected chi connectivity index (χ3v) is 7.23. The maximum Gasteiger partial charge on any atom is 0.340 e. The summed E-state index contributed by atoms with van der Waals surface area (Å²) < 4.78 is 36.4. The van der Waals surface area contributed by atoms with Crippen LogP contribution in [0.25, 0.3) is 5.69 Å². The molecule has 2 aromatic carbocycles. The van der Waals surface area contributed by atoms with Crippen molar-refractivity contribution in [3.8, 4) is 11.4 Å². The summed E-state index contributed by atoms with van der Waals surface area (Å²) in [5.74, 6) is -0.638. The summed E-state index contributed by atoms with van der Waals surface area (Å²) in [6, 6.07) is 17.2. The van der Waals surface area contributed by atoms with Gasteiger partial charge in [0.1, 0.15) is 5.75 Å². The van der Waals surface area contributed by atoms with Gasteiger partial charge in [0.05, 0.1) is 24.5 Å². The molecule has 0 N–H and O–H groups in total. The average Bonchev–Trinajstić information content (AvgIpc) is 3.35. The number of aryl methyl sites for hydroxylation is 1. The zero-order valence-corrected chi connectivity index (χ0v) is 20.5. The van der Waals surface area contributed by atoms with E-state index in [1.54, 1.807) is 50.4 Å². The Hall–Kier alpha value is -3.85. The fourth-order valence-corrected chi connectivity index (χ4v) is 5.47. The van der Waals surface area contributed by atoms with Gasteiger partial charge in [-0.05, 0) is 62.4 Å². The van der Waals surface area contributed by atoms with Crippen molar-refractivity contribution in [3.63, 3.8) is 0 Å². The van der Waals surface area contributed by atoms with E-state index in [4.69, 9.17) is 9.47 Å². The fraction of sp³-hybridized carbons (Fsp3) is 0.231. The van der Waals surface area contributed by atoms with Gasteiger partial charge in [-0.2, -0.15) is 0 Å². The van der Waals surface area contributed by atoms with E-state index < -0.39 is 34.4 Å². The number of ether oxygens (including phenoxy) is 2. The Morgan fingerprint density at radius 3 is 2.34 bits per heavy atom. The number of hydrogen-bond acceptors (Lipinski definition) is 6. The number of carbonyl (C=O) groups is 2. The third kappa shape index (κ3) is 5.14. The van der Waals surface area contributed by atoms with E-state index in [9.17, 15) is 18.0 Å². The number of amides is 1. The van der Waals surface area contributed by atoms with Gasteiger partial charge < -0.3 is 18.9 Å². The van der Waals surface area contributed by atoms with Gasteiger partial charge in [-0.1, -0.05) is 18.2 Å². The monoisotopic (exact) mass is 494 g/mol. The maximum absolute atomic E-state index is 13.1. The number of methoxy groups -OCH3 is 1. The van der Waals surface area contributed by atoms with E-state index in [-0.39, 0.29) is 5.75 Å². The standard InChI is InChI=1S/C26H26N2O6S/c1-18-15-24(19(2)27(18)21-9-11-23(33-3)12-10-21)26(30)34-16-25(29)28(20-7-5-4-6-8-20)22-13-14-35(31,32)17-22/h4-15,22H,16-17H2,1-3H3/t22-/m1/s1. The summed E-state index contributed by atoms with van der Waals surface area (Å²) in [6.45, 7) is 3.16. The van der Waals surface area contributed by atoms with Crippen LogP contribution >= 0.6 is 0 Å². The average molecular weight is 495 g/mol. The molecule has 0 saturated carbocycles. The number of anilines is 1. The van der Waals surface area contributed by atoms with E-state index in [2.05, 4.69) is 0 Å². The molecule has 1 amide bonds. The Labute approximate surface area is 204 Å². The molecule has 8 nitrogen and oxygen atoms in total. The summed E-state index contributed by atoms with van der Waals surface area (Å²) in [7, 11) is -1.79. The third-order valence-electron chi connectivity index (χ3n) is 5.85. The maximum atomic E-state index is 13.1. The molecule has 0 unspecified atom stereocenters. The van der Waals surface area contributed by atoms with Crippen LogP contribution in [0.4, 0.5) is 5.69 Å². The van der Waals surface area contributed by atoms with Crippen molar-refractivity contribution in [2.24, 2.45) is 0 Å². The first-order valence-corrected chi connectivity index (χ1v) is 12.7. The van der Waals surface area contributed by atoms with Crippen molar-refractivity contribution in [2.75, 3.05) is 24.4 Å². The Bertz CT molecular complexity index is 1380. The number of benzene rings is 2. The summed E-state index contributed by atoms with van der Waals surface area (Å²) in [5.41, 5.74) is 3.24. The largest absolute Gasteiger partial charge is 0.497 e. The second kappa shape index (κ2) is 9.79. The van der Waals surface area contributed by atoms with Crippen LogP contribution in [-0.2, 0) is 19.4 Å². The number of nitrogens with zero attached hydrogens (tertiary/aromatic N) is 2. The lowest BCUT2D eigenvalue weighted by Crippen LogP contribution is -2.43. The number of rotatable bonds is 7. The summed E-state index contributed by atoms with van der Waals surface area (Å²) in [5, 5.41) is 1.11. The molecule has 0 aliphatic carbocycles. The Kier molecular flexibility index (Phi) is 6.79. The number of para-hydroxylation sites is 1. The predicted molar refractivity (Wildman–Crippen MR) is 133 cm³/mol. The number of hydrogen-bond donors (Lipinski definition) is 0. The first-order chi connectivity index (χ1) is 16.7. The lowest BCUT2D eigenvalue weighted by Gasteiger charge is -2.27. The van der Waals surface area contributed by atoms with Gasteiger partial charge in [-0.15, -0.1) is 0 Å². The van der Waals surface area contributed by atoms with Gasteiger partial charge in [-0.25, -0.2) is 13.2 Å². The van der Waals surface area contributed by atoms with Crippen LogP contribution < -0.4 is 9.64 Å². The van der Waals surface area contributed by atoms with Crippen LogP contribution in [-0.4, -0.2) is 50.4 Å². The molecule has 4 rings (SSSR count). The molecule has 1 aromatic heterocycles. The molecule has 0 fully saturated rings. The molecular weight excluding hydrogens is 468 g/mol. The minimum Gasteiger partial charge on any atom is -0.497 e. The normalized spacial score (nSPS) is 16.1. The zero-order chi connectivity index (χ0) is 25.2. The van der Waals surface area contributed by atoms with Gasteiger partial charge in [-0.3, -0.25) is 4.79 Å². The van der Waals surface area contributed by atoms with Crippen LogP contribution in [0.2, 0.25) is 0 Å². The fourth-order valence-electron chi connectivity index (χ4n) is 4.20. The van der Waals surface area contributed by atoms with E-state index in [1.165, 1.54) is 11.0 Å². The van der Waals surface area contributed by atoms with E-state index in [0.29, 0.717) is 16.9 Å². The van der Waals surface area contributed by atoms with Gasteiger partial charge >= 0.3 is 5.97 Å². The summed E-state index contributed by atoms with van der Waals surface area (Å²) in [4.78, 5) is 27.4. The summed E-state index contributed by atoms with van der Waals surface area (Å²) in [6.07, 6.45) is 1.48. The van der Waals surface area contributed by atoms with Crippen LogP contribution in [0.3, 0.4) is 0 Å². The van der Waals surface area contributed by atoms with Gasteiger partial charge in [0.2, 0.25) is 0 Å². The molecule has 0 bridgehead atoms.